The van der Waals surface area contributed by atoms with Gasteiger partial charge in [-0.15, -0.1) is 6.58 Å². The molecule has 0 nitrogen and oxygen atoms in total. The number of allylic oxidation sites excluding steroid dienone is 1. The van der Waals surface area contributed by atoms with Crippen LogP contribution < -0.4 is 0 Å². The van der Waals surface area contributed by atoms with Crippen LogP contribution in [0.25, 0.3) is 0 Å². The summed E-state index contributed by atoms with van der Waals surface area (Å²) in [6, 6.07) is 8.11. The normalized spacial score (nSPS) is 31.2. The molecule has 5 rings (SSSR count). The number of benzene rings is 2. The summed E-state index contributed by atoms with van der Waals surface area (Å²) in [5, 5.41) is 0. The maximum atomic E-state index is 15.2. The van der Waals surface area contributed by atoms with E-state index in [1.54, 1.807) is 6.07 Å². The maximum Gasteiger partial charge on any atom is 0.194 e. The predicted octanol–water partition coefficient (Wildman–Crippen LogP) is 9.95. The van der Waals surface area contributed by atoms with Gasteiger partial charge in [0.15, 0.2) is 17.5 Å². The minimum atomic E-state index is -1.42. The Morgan fingerprint density at radius 3 is 1.58 bits per heavy atom. The molecule has 2 aromatic rings. The molecule has 0 heterocycles. The van der Waals surface area contributed by atoms with Gasteiger partial charge in [0.25, 0.3) is 0 Å². The lowest BCUT2D eigenvalue weighted by atomic mass is 9.68. The molecule has 3 fully saturated rings. The topological polar surface area (TPSA) is 0 Å². The fourth-order valence-electron chi connectivity index (χ4n) is 7.45. The molecule has 0 amide bonds. The van der Waals surface area contributed by atoms with Gasteiger partial charge < -0.3 is 0 Å². The highest BCUT2D eigenvalue weighted by atomic mass is 19.2. The van der Waals surface area contributed by atoms with Crippen LogP contribution in [0.15, 0.2) is 43.0 Å². The van der Waals surface area contributed by atoms with Crippen LogP contribution in [0.3, 0.4) is 0 Å². The molecular weight excluding hydrogens is 460 g/mol. The Balaban J connectivity index is 1.15. The Morgan fingerprint density at radius 2 is 1.03 bits per heavy atom. The average Bonchev–Trinajstić information content (AvgIpc) is 2.92. The van der Waals surface area contributed by atoms with Crippen LogP contribution >= 0.6 is 0 Å². The second-order valence-electron chi connectivity index (χ2n) is 11.7. The zero-order chi connectivity index (χ0) is 25.2. The summed E-state index contributed by atoms with van der Waals surface area (Å²) in [6.45, 7) is 3.97. The molecule has 0 aromatic heterocycles. The van der Waals surface area contributed by atoms with Gasteiger partial charge in [0, 0.05) is 0 Å². The van der Waals surface area contributed by atoms with Crippen molar-refractivity contribution in [1.29, 1.82) is 0 Å². The van der Waals surface area contributed by atoms with Gasteiger partial charge in [-0.1, -0.05) is 18.2 Å². The van der Waals surface area contributed by atoms with Crippen LogP contribution in [0, 0.1) is 41.0 Å². The van der Waals surface area contributed by atoms with E-state index in [2.05, 4.69) is 18.7 Å². The van der Waals surface area contributed by atoms with Gasteiger partial charge in [0.2, 0.25) is 0 Å². The highest BCUT2D eigenvalue weighted by molar-refractivity contribution is 5.31. The molecule has 0 saturated heterocycles. The fraction of sp³-hybridized carbons (Fsp3) is 0.562. The Kier molecular flexibility index (Phi) is 7.88. The summed E-state index contributed by atoms with van der Waals surface area (Å²) in [5.41, 5.74) is 2.40. The zero-order valence-corrected chi connectivity index (χ0v) is 21.1. The molecule has 3 saturated carbocycles. The van der Waals surface area contributed by atoms with Gasteiger partial charge in [0.1, 0.15) is 5.82 Å². The molecule has 3 aliphatic rings. The number of hydrogen-bond donors (Lipinski definition) is 0. The standard InChI is InChI=1S/C32H38F4/c1-2-20-3-5-21(6-4-20)22-7-9-23(10-8-22)26-15-16-28(29(33)17-26)25-13-11-24(12-14-25)27-18-30(34)32(36)31(35)19-27/h2,15-25H,1,3-14H2. The van der Waals surface area contributed by atoms with E-state index in [1.165, 1.54) is 38.5 Å². The van der Waals surface area contributed by atoms with Crippen molar-refractivity contribution in [3.8, 4) is 0 Å². The first kappa shape index (κ1) is 25.5. The van der Waals surface area contributed by atoms with E-state index < -0.39 is 17.5 Å². The Labute approximate surface area is 213 Å². The van der Waals surface area contributed by atoms with E-state index in [0.717, 1.165) is 73.6 Å². The second kappa shape index (κ2) is 11.1. The third kappa shape index (κ3) is 5.43. The number of rotatable bonds is 5. The highest BCUT2D eigenvalue weighted by Gasteiger charge is 2.32. The molecule has 0 aliphatic heterocycles. The molecule has 0 spiro atoms. The molecule has 2 aromatic carbocycles. The van der Waals surface area contributed by atoms with Gasteiger partial charge >= 0.3 is 0 Å². The van der Waals surface area contributed by atoms with Crippen LogP contribution in [0.2, 0.25) is 0 Å². The van der Waals surface area contributed by atoms with Gasteiger partial charge in [-0.3, -0.25) is 0 Å². The summed E-state index contributed by atoms with van der Waals surface area (Å²) in [7, 11) is 0. The minimum absolute atomic E-state index is 0.0183. The average molecular weight is 499 g/mol. The SMILES string of the molecule is C=CC1CCC(C2CCC(c3ccc(C4CCC(c5cc(F)c(F)c(F)c5)CC4)c(F)c3)CC2)CC1. The molecule has 0 unspecified atom stereocenters. The lowest BCUT2D eigenvalue weighted by Crippen LogP contribution is -2.25. The maximum absolute atomic E-state index is 15.2. The number of halogens is 4. The van der Waals surface area contributed by atoms with Crippen molar-refractivity contribution in [2.24, 2.45) is 17.8 Å². The molecule has 0 atom stereocenters. The lowest BCUT2D eigenvalue weighted by molar-refractivity contribution is 0.171. The van der Waals surface area contributed by atoms with Gasteiger partial charge in [0.05, 0.1) is 0 Å². The Morgan fingerprint density at radius 1 is 0.556 bits per heavy atom. The smallest absolute Gasteiger partial charge is 0.194 e. The van der Waals surface area contributed by atoms with Crippen LogP contribution in [0.1, 0.15) is 111 Å². The minimum Gasteiger partial charge on any atom is -0.207 e. The monoisotopic (exact) mass is 498 g/mol. The van der Waals surface area contributed by atoms with Crippen LogP contribution in [-0.4, -0.2) is 0 Å². The predicted molar refractivity (Wildman–Crippen MR) is 137 cm³/mol. The molecule has 194 valence electrons. The molecule has 0 bridgehead atoms. The first-order valence-electron chi connectivity index (χ1n) is 14.0. The first-order chi connectivity index (χ1) is 17.4. The quantitative estimate of drug-likeness (QED) is 0.219. The summed E-state index contributed by atoms with van der Waals surface area (Å²) in [4.78, 5) is 0. The number of hydrogen-bond acceptors (Lipinski definition) is 0. The van der Waals surface area contributed by atoms with Gasteiger partial charge in [-0.25, -0.2) is 17.6 Å². The fourth-order valence-corrected chi connectivity index (χ4v) is 7.45. The van der Waals surface area contributed by atoms with E-state index >= 15 is 4.39 Å². The van der Waals surface area contributed by atoms with Crippen molar-refractivity contribution in [2.75, 3.05) is 0 Å². The zero-order valence-electron chi connectivity index (χ0n) is 21.1. The molecular formula is C32H38F4. The summed E-state index contributed by atoms with van der Waals surface area (Å²) < 4.78 is 55.9. The summed E-state index contributed by atoms with van der Waals surface area (Å²) in [5.74, 6) is -0.851. The largest absolute Gasteiger partial charge is 0.207 e. The van der Waals surface area contributed by atoms with E-state index in [0.29, 0.717) is 17.4 Å². The molecule has 3 aliphatic carbocycles. The molecule has 0 N–H and O–H groups in total. The first-order valence-corrected chi connectivity index (χ1v) is 14.0. The van der Waals surface area contributed by atoms with E-state index in [-0.39, 0.29) is 17.7 Å². The van der Waals surface area contributed by atoms with E-state index in [1.807, 2.05) is 6.07 Å². The second-order valence-corrected chi connectivity index (χ2v) is 11.7. The van der Waals surface area contributed by atoms with Crippen LogP contribution in [-0.2, 0) is 0 Å². The van der Waals surface area contributed by atoms with Crippen molar-refractivity contribution >= 4 is 0 Å². The van der Waals surface area contributed by atoms with Crippen LogP contribution in [0.5, 0.6) is 0 Å². The molecule has 36 heavy (non-hydrogen) atoms. The summed E-state index contributed by atoms with van der Waals surface area (Å²) in [6.07, 6.45) is 15.2. The van der Waals surface area contributed by atoms with Crippen molar-refractivity contribution in [3.05, 3.63) is 82.9 Å². The van der Waals surface area contributed by atoms with Crippen LogP contribution in [0.4, 0.5) is 17.6 Å². The van der Waals surface area contributed by atoms with Gasteiger partial charge in [-0.05, 0) is 147 Å². The third-order valence-electron chi connectivity index (χ3n) is 9.73. The Bertz CT molecular complexity index is 1030. The van der Waals surface area contributed by atoms with Gasteiger partial charge in [-0.2, -0.15) is 0 Å². The van der Waals surface area contributed by atoms with Crippen molar-refractivity contribution < 1.29 is 17.6 Å². The van der Waals surface area contributed by atoms with Crippen molar-refractivity contribution in [2.45, 2.75) is 94.8 Å². The lowest BCUT2D eigenvalue weighted by Gasteiger charge is -2.37. The third-order valence-corrected chi connectivity index (χ3v) is 9.73. The van der Waals surface area contributed by atoms with E-state index in [4.69, 9.17) is 0 Å². The molecule has 4 heteroatoms. The summed E-state index contributed by atoms with van der Waals surface area (Å²) >= 11 is 0. The van der Waals surface area contributed by atoms with Crippen molar-refractivity contribution in [3.63, 3.8) is 0 Å². The van der Waals surface area contributed by atoms with Crippen molar-refractivity contribution in [1.82, 2.24) is 0 Å². The highest BCUT2D eigenvalue weighted by Crippen LogP contribution is 2.45. The molecule has 0 radical (unpaired) electrons. The Hall–Kier alpha value is -2.10. The van der Waals surface area contributed by atoms with E-state index in [9.17, 15) is 13.2 Å².